The third kappa shape index (κ3) is 2.64. The molecule has 3 heteroatoms. The lowest BCUT2D eigenvalue weighted by Crippen LogP contribution is -2.08. The van der Waals surface area contributed by atoms with E-state index >= 15 is 0 Å². The molecule has 4 aromatic rings. The topological polar surface area (TPSA) is 4.93 Å². The number of fused-ring (bicyclic) bond motifs is 1. The van der Waals surface area contributed by atoms with Gasteiger partial charge >= 0.3 is 0 Å². The summed E-state index contributed by atoms with van der Waals surface area (Å²) in [5.74, 6) is 0. The summed E-state index contributed by atoms with van der Waals surface area (Å²) in [6.45, 7) is 0. The highest BCUT2D eigenvalue weighted by atomic mass is 35.5. The smallest absolute Gasteiger partial charge is 0.117 e. The molecule has 0 aliphatic rings. The van der Waals surface area contributed by atoms with Crippen LogP contribution in [0.1, 0.15) is 5.56 Å². The zero-order chi connectivity index (χ0) is 16.5. The van der Waals surface area contributed by atoms with E-state index in [9.17, 15) is 0 Å². The van der Waals surface area contributed by atoms with Gasteiger partial charge in [0.05, 0.1) is 5.52 Å². The van der Waals surface area contributed by atoms with E-state index < -0.39 is 0 Å². The van der Waals surface area contributed by atoms with Crippen molar-refractivity contribution < 1.29 is 0 Å². The van der Waals surface area contributed by atoms with Gasteiger partial charge in [0.15, 0.2) is 0 Å². The second kappa shape index (κ2) is 6.23. The van der Waals surface area contributed by atoms with Crippen LogP contribution < -0.4 is 0 Å². The average Bonchev–Trinajstić information content (AvgIpc) is 3.02. The maximum Gasteiger partial charge on any atom is 0.117 e. The molecule has 0 atom stereocenters. The van der Waals surface area contributed by atoms with Crippen LogP contribution in [0, 0.1) is 0 Å². The summed E-state index contributed by atoms with van der Waals surface area (Å²) in [7, 11) is 0. The van der Waals surface area contributed by atoms with Crippen molar-refractivity contribution in [2.75, 3.05) is 0 Å². The average molecular weight is 348 g/mol. The van der Waals surface area contributed by atoms with Crippen LogP contribution in [0.3, 0.4) is 0 Å². The summed E-state index contributed by atoms with van der Waals surface area (Å²) in [6.07, 6.45) is 2.12. The molecule has 0 spiro atoms. The minimum Gasteiger partial charge on any atom is -0.306 e. The molecule has 0 aliphatic carbocycles. The van der Waals surface area contributed by atoms with Crippen molar-refractivity contribution in [3.8, 4) is 11.1 Å². The number of benzene rings is 3. The number of hydrogen-bond donors (Lipinski definition) is 0. The summed E-state index contributed by atoms with van der Waals surface area (Å²) in [5.41, 5.74) is 4.46. The molecule has 4 rings (SSSR count). The molecule has 0 unspecified atom stereocenters. The monoisotopic (exact) mass is 347 g/mol. The Morgan fingerprint density at radius 1 is 0.792 bits per heavy atom. The Hall–Kier alpha value is -2.42. The number of thiocarbonyl (C=S) groups is 1. The highest BCUT2D eigenvalue weighted by Gasteiger charge is 2.13. The van der Waals surface area contributed by atoms with E-state index in [1.54, 1.807) is 0 Å². The highest BCUT2D eigenvalue weighted by Crippen LogP contribution is 2.31. The van der Waals surface area contributed by atoms with Gasteiger partial charge in [0.2, 0.25) is 0 Å². The SMILES string of the molecule is S=C(c1ccc(Cl)cc1)n1cc(-c2ccccc2)c2ccccc21. The Bertz CT molecular complexity index is 1020. The summed E-state index contributed by atoms with van der Waals surface area (Å²) in [4.78, 5) is 0.769. The fourth-order valence-electron chi connectivity index (χ4n) is 2.93. The maximum absolute atomic E-state index is 5.99. The minimum atomic E-state index is 0.712. The molecular formula is C21H14ClNS. The van der Waals surface area contributed by atoms with Gasteiger partial charge < -0.3 is 4.57 Å². The minimum absolute atomic E-state index is 0.712. The number of aromatic nitrogens is 1. The van der Waals surface area contributed by atoms with Gasteiger partial charge in [-0.3, -0.25) is 0 Å². The second-order valence-corrected chi connectivity index (χ2v) is 6.43. The maximum atomic E-state index is 5.99. The second-order valence-electron chi connectivity index (χ2n) is 5.61. The first-order valence-corrected chi connectivity index (χ1v) is 8.48. The first-order valence-electron chi connectivity index (χ1n) is 7.70. The largest absolute Gasteiger partial charge is 0.306 e. The summed E-state index contributed by atoms with van der Waals surface area (Å²) < 4.78 is 2.08. The Balaban J connectivity index is 1.90. The Kier molecular flexibility index (Phi) is 3.93. The van der Waals surface area contributed by atoms with Crippen molar-refractivity contribution in [2.24, 2.45) is 0 Å². The molecule has 3 aromatic carbocycles. The van der Waals surface area contributed by atoms with Crippen molar-refractivity contribution in [1.82, 2.24) is 4.57 Å². The van der Waals surface area contributed by atoms with Crippen LogP contribution >= 0.6 is 23.8 Å². The van der Waals surface area contributed by atoms with Gasteiger partial charge in [0, 0.05) is 27.7 Å². The van der Waals surface area contributed by atoms with Crippen molar-refractivity contribution in [1.29, 1.82) is 0 Å². The first kappa shape index (κ1) is 15.1. The third-order valence-electron chi connectivity index (χ3n) is 4.11. The predicted octanol–water partition coefficient (Wildman–Crippen LogP) is 6.19. The number of nitrogens with zero attached hydrogens (tertiary/aromatic N) is 1. The Labute approximate surface area is 151 Å². The van der Waals surface area contributed by atoms with Crippen LogP contribution in [0.4, 0.5) is 0 Å². The van der Waals surface area contributed by atoms with E-state index in [0.717, 1.165) is 16.1 Å². The number of rotatable bonds is 2. The van der Waals surface area contributed by atoms with Crippen LogP contribution in [-0.2, 0) is 0 Å². The lowest BCUT2D eigenvalue weighted by atomic mass is 10.1. The van der Waals surface area contributed by atoms with Crippen molar-refractivity contribution in [2.45, 2.75) is 0 Å². The van der Waals surface area contributed by atoms with Gasteiger partial charge in [0.25, 0.3) is 0 Å². The summed E-state index contributed by atoms with van der Waals surface area (Å²) in [5, 5.41) is 1.91. The van der Waals surface area contributed by atoms with Crippen LogP contribution in [0.25, 0.3) is 22.0 Å². The molecule has 0 saturated heterocycles. The standard InChI is InChI=1S/C21H14ClNS/c22-17-12-10-16(11-13-17)21(24)23-14-19(15-6-2-1-3-7-15)18-8-4-5-9-20(18)23/h1-14H. The molecule has 1 heterocycles. The van der Waals surface area contributed by atoms with Gasteiger partial charge in [-0.2, -0.15) is 0 Å². The van der Waals surface area contributed by atoms with Crippen molar-refractivity contribution in [3.05, 3.63) is 95.6 Å². The molecule has 0 aliphatic heterocycles. The number of hydrogen-bond acceptors (Lipinski definition) is 1. The first-order chi connectivity index (χ1) is 11.7. The van der Waals surface area contributed by atoms with E-state index in [0.29, 0.717) is 5.02 Å². The highest BCUT2D eigenvalue weighted by molar-refractivity contribution is 7.80. The molecule has 1 aromatic heterocycles. The van der Waals surface area contributed by atoms with Crippen LogP contribution in [0.2, 0.25) is 5.02 Å². The normalized spacial score (nSPS) is 10.9. The van der Waals surface area contributed by atoms with Crippen molar-refractivity contribution in [3.63, 3.8) is 0 Å². The van der Waals surface area contributed by atoms with E-state index in [4.69, 9.17) is 23.8 Å². The van der Waals surface area contributed by atoms with Gasteiger partial charge in [-0.15, -0.1) is 0 Å². The molecule has 116 valence electrons. The quantitative estimate of drug-likeness (QED) is 0.391. The Morgan fingerprint density at radius 2 is 1.46 bits per heavy atom. The van der Waals surface area contributed by atoms with E-state index in [2.05, 4.69) is 53.2 Å². The fraction of sp³-hybridized carbons (Fsp3) is 0. The summed E-state index contributed by atoms with van der Waals surface area (Å²) in [6, 6.07) is 26.4. The van der Waals surface area contributed by atoms with Crippen LogP contribution in [0.5, 0.6) is 0 Å². The van der Waals surface area contributed by atoms with Crippen LogP contribution in [-0.4, -0.2) is 9.56 Å². The van der Waals surface area contributed by atoms with Crippen LogP contribution in [0.15, 0.2) is 85.1 Å². The molecule has 0 bridgehead atoms. The van der Waals surface area contributed by atoms with E-state index in [1.807, 2.05) is 36.4 Å². The van der Waals surface area contributed by atoms with Crippen molar-refractivity contribution >= 4 is 39.7 Å². The zero-order valence-electron chi connectivity index (χ0n) is 12.8. The lowest BCUT2D eigenvalue weighted by molar-refractivity contribution is 1.25. The zero-order valence-corrected chi connectivity index (χ0v) is 14.4. The lowest BCUT2D eigenvalue weighted by Gasteiger charge is -2.07. The van der Waals surface area contributed by atoms with Gasteiger partial charge in [0.1, 0.15) is 4.99 Å². The van der Waals surface area contributed by atoms with E-state index in [-0.39, 0.29) is 0 Å². The molecule has 0 amide bonds. The summed E-state index contributed by atoms with van der Waals surface area (Å²) >= 11 is 11.7. The van der Waals surface area contributed by atoms with E-state index in [1.165, 1.54) is 16.5 Å². The molecule has 0 radical (unpaired) electrons. The molecule has 1 nitrogen and oxygen atoms in total. The van der Waals surface area contributed by atoms with Gasteiger partial charge in [-0.1, -0.05) is 84.5 Å². The Morgan fingerprint density at radius 3 is 2.21 bits per heavy atom. The number of para-hydroxylation sites is 1. The number of halogens is 1. The molecule has 0 saturated carbocycles. The molecular weight excluding hydrogens is 334 g/mol. The third-order valence-corrected chi connectivity index (χ3v) is 4.79. The fourth-order valence-corrected chi connectivity index (χ4v) is 3.34. The van der Waals surface area contributed by atoms with Gasteiger partial charge in [-0.05, 0) is 23.8 Å². The predicted molar refractivity (Wildman–Crippen MR) is 106 cm³/mol. The molecule has 0 fully saturated rings. The van der Waals surface area contributed by atoms with Gasteiger partial charge in [-0.25, -0.2) is 0 Å². The molecule has 0 N–H and O–H groups in total. The molecule has 24 heavy (non-hydrogen) atoms.